The number of hydrogen-bond acceptors (Lipinski definition) is 3. The van der Waals surface area contributed by atoms with Crippen LogP contribution in [-0.2, 0) is 9.53 Å². The van der Waals surface area contributed by atoms with E-state index < -0.39 is 0 Å². The lowest BCUT2D eigenvalue weighted by Crippen LogP contribution is -2.12. The molecule has 1 rings (SSSR count). The molecule has 0 aliphatic rings. The molecule has 3 nitrogen and oxygen atoms in total. The van der Waals surface area contributed by atoms with E-state index in [0.717, 1.165) is 10.0 Å². The molecule has 0 saturated heterocycles. The fraction of sp³-hybridized carbons (Fsp3) is 0.364. The summed E-state index contributed by atoms with van der Waals surface area (Å²) >= 11 is 3.35. The zero-order valence-corrected chi connectivity index (χ0v) is 10.2. The molecule has 0 fully saturated rings. The molecular weight excluding hydrogens is 258 g/mol. The van der Waals surface area contributed by atoms with Crippen molar-refractivity contribution in [3.05, 3.63) is 34.3 Å². The standard InChI is InChI=1S/C11H14BrNO2/c1-15-11(14)7-6-10(13)8-2-4-9(12)5-3-8/h2-5,10H,6-7,13H2,1H3. The first-order chi connectivity index (χ1) is 7.13. The lowest BCUT2D eigenvalue weighted by Gasteiger charge is -2.10. The molecule has 1 aromatic carbocycles. The minimum Gasteiger partial charge on any atom is -0.469 e. The lowest BCUT2D eigenvalue weighted by atomic mass is 10.0. The summed E-state index contributed by atoms with van der Waals surface area (Å²) in [6.07, 6.45) is 0.960. The Morgan fingerprint density at radius 1 is 1.47 bits per heavy atom. The van der Waals surface area contributed by atoms with Gasteiger partial charge in [0.25, 0.3) is 0 Å². The molecule has 2 N–H and O–H groups in total. The zero-order valence-electron chi connectivity index (χ0n) is 8.57. The maximum absolute atomic E-state index is 10.9. The zero-order chi connectivity index (χ0) is 11.3. The summed E-state index contributed by atoms with van der Waals surface area (Å²) in [6.45, 7) is 0. The molecule has 1 atom stereocenters. The number of benzene rings is 1. The van der Waals surface area contributed by atoms with Crippen LogP contribution in [0.15, 0.2) is 28.7 Å². The Labute approximate surface area is 97.7 Å². The second-order valence-corrected chi connectivity index (χ2v) is 4.19. The van der Waals surface area contributed by atoms with Gasteiger partial charge in [-0.1, -0.05) is 28.1 Å². The number of hydrogen-bond donors (Lipinski definition) is 1. The molecule has 0 bridgehead atoms. The Morgan fingerprint density at radius 2 is 2.07 bits per heavy atom. The van der Waals surface area contributed by atoms with Gasteiger partial charge < -0.3 is 10.5 Å². The summed E-state index contributed by atoms with van der Waals surface area (Å²) < 4.78 is 5.57. The van der Waals surface area contributed by atoms with Crippen LogP contribution in [0.5, 0.6) is 0 Å². The van der Waals surface area contributed by atoms with E-state index in [1.54, 1.807) is 0 Å². The van der Waals surface area contributed by atoms with E-state index in [2.05, 4.69) is 20.7 Å². The predicted octanol–water partition coefficient (Wildman–Crippen LogP) is 2.40. The van der Waals surface area contributed by atoms with Gasteiger partial charge in [-0.15, -0.1) is 0 Å². The Morgan fingerprint density at radius 3 is 2.60 bits per heavy atom. The SMILES string of the molecule is COC(=O)CCC(N)c1ccc(Br)cc1. The van der Waals surface area contributed by atoms with Crippen molar-refractivity contribution in [2.24, 2.45) is 5.73 Å². The number of esters is 1. The summed E-state index contributed by atoms with van der Waals surface area (Å²) in [6, 6.07) is 7.66. The van der Waals surface area contributed by atoms with Crippen molar-refractivity contribution >= 4 is 21.9 Å². The number of carbonyl (C=O) groups excluding carboxylic acids is 1. The average molecular weight is 272 g/mol. The Bertz CT molecular complexity index is 324. The summed E-state index contributed by atoms with van der Waals surface area (Å²) in [5.74, 6) is -0.220. The third-order valence-corrected chi connectivity index (χ3v) is 2.71. The van der Waals surface area contributed by atoms with E-state index in [4.69, 9.17) is 5.73 Å². The van der Waals surface area contributed by atoms with Gasteiger partial charge in [-0.25, -0.2) is 0 Å². The third kappa shape index (κ3) is 4.01. The van der Waals surface area contributed by atoms with Crippen LogP contribution >= 0.6 is 15.9 Å². The van der Waals surface area contributed by atoms with Crippen molar-refractivity contribution in [3.8, 4) is 0 Å². The molecule has 0 saturated carbocycles. The first kappa shape index (κ1) is 12.2. The molecule has 15 heavy (non-hydrogen) atoms. The maximum atomic E-state index is 10.9. The van der Waals surface area contributed by atoms with Gasteiger partial charge in [0.2, 0.25) is 0 Å². The molecule has 1 unspecified atom stereocenters. The van der Waals surface area contributed by atoms with Crippen molar-refractivity contribution in [3.63, 3.8) is 0 Å². The topological polar surface area (TPSA) is 52.3 Å². The first-order valence-electron chi connectivity index (χ1n) is 4.71. The molecule has 0 aliphatic heterocycles. The van der Waals surface area contributed by atoms with Crippen LogP contribution in [0.4, 0.5) is 0 Å². The van der Waals surface area contributed by atoms with E-state index in [1.165, 1.54) is 7.11 Å². The van der Waals surface area contributed by atoms with Crippen LogP contribution in [0.25, 0.3) is 0 Å². The van der Waals surface area contributed by atoms with E-state index in [9.17, 15) is 4.79 Å². The van der Waals surface area contributed by atoms with Gasteiger partial charge in [0, 0.05) is 16.9 Å². The van der Waals surface area contributed by atoms with Gasteiger partial charge in [-0.2, -0.15) is 0 Å². The number of nitrogens with two attached hydrogens (primary N) is 1. The number of carbonyl (C=O) groups is 1. The lowest BCUT2D eigenvalue weighted by molar-refractivity contribution is -0.140. The minimum atomic E-state index is -0.220. The summed E-state index contributed by atoms with van der Waals surface area (Å²) in [5.41, 5.74) is 6.95. The fourth-order valence-corrected chi connectivity index (χ4v) is 1.52. The largest absolute Gasteiger partial charge is 0.469 e. The highest BCUT2D eigenvalue weighted by Crippen LogP contribution is 2.18. The first-order valence-corrected chi connectivity index (χ1v) is 5.50. The van der Waals surface area contributed by atoms with E-state index in [-0.39, 0.29) is 12.0 Å². The van der Waals surface area contributed by atoms with E-state index >= 15 is 0 Å². The van der Waals surface area contributed by atoms with Crippen molar-refractivity contribution in [1.29, 1.82) is 0 Å². The highest BCUT2D eigenvalue weighted by Gasteiger charge is 2.08. The van der Waals surface area contributed by atoms with Gasteiger partial charge in [0.05, 0.1) is 7.11 Å². The second-order valence-electron chi connectivity index (χ2n) is 3.27. The van der Waals surface area contributed by atoms with Crippen LogP contribution in [0.1, 0.15) is 24.4 Å². The van der Waals surface area contributed by atoms with Gasteiger partial charge in [-0.05, 0) is 24.1 Å². The predicted molar refractivity (Wildman–Crippen MR) is 62.3 cm³/mol. The van der Waals surface area contributed by atoms with Gasteiger partial charge in [-0.3, -0.25) is 4.79 Å². The van der Waals surface area contributed by atoms with Crippen molar-refractivity contribution in [2.75, 3.05) is 7.11 Å². The van der Waals surface area contributed by atoms with Crippen LogP contribution in [0.3, 0.4) is 0 Å². The summed E-state index contributed by atoms with van der Waals surface area (Å²) in [5, 5.41) is 0. The molecule has 0 aliphatic carbocycles. The highest BCUT2D eigenvalue weighted by atomic mass is 79.9. The molecule has 0 amide bonds. The van der Waals surface area contributed by atoms with Crippen LogP contribution in [-0.4, -0.2) is 13.1 Å². The smallest absolute Gasteiger partial charge is 0.305 e. The molecule has 4 heteroatoms. The molecular formula is C11H14BrNO2. The third-order valence-electron chi connectivity index (χ3n) is 2.19. The highest BCUT2D eigenvalue weighted by molar-refractivity contribution is 9.10. The van der Waals surface area contributed by atoms with E-state index in [1.807, 2.05) is 24.3 Å². The molecule has 0 spiro atoms. The van der Waals surface area contributed by atoms with Crippen LogP contribution in [0.2, 0.25) is 0 Å². The monoisotopic (exact) mass is 271 g/mol. The number of halogens is 1. The normalized spacial score (nSPS) is 12.2. The second kappa shape index (κ2) is 5.88. The molecule has 0 radical (unpaired) electrons. The number of ether oxygens (including phenoxy) is 1. The van der Waals surface area contributed by atoms with Gasteiger partial charge in [0.1, 0.15) is 0 Å². The Kier molecular flexibility index (Phi) is 4.78. The fourth-order valence-electron chi connectivity index (χ4n) is 1.25. The Balaban J connectivity index is 2.50. The molecule has 0 heterocycles. The average Bonchev–Trinajstić information content (AvgIpc) is 2.26. The number of methoxy groups -OCH3 is 1. The van der Waals surface area contributed by atoms with Crippen molar-refractivity contribution in [2.45, 2.75) is 18.9 Å². The molecule has 82 valence electrons. The van der Waals surface area contributed by atoms with E-state index in [0.29, 0.717) is 12.8 Å². The van der Waals surface area contributed by atoms with Gasteiger partial charge >= 0.3 is 5.97 Å². The van der Waals surface area contributed by atoms with Crippen LogP contribution < -0.4 is 5.73 Å². The Hall–Kier alpha value is -0.870. The van der Waals surface area contributed by atoms with Gasteiger partial charge in [0.15, 0.2) is 0 Å². The molecule has 0 aromatic heterocycles. The van der Waals surface area contributed by atoms with Crippen molar-refractivity contribution < 1.29 is 9.53 Å². The molecule has 1 aromatic rings. The summed E-state index contributed by atoms with van der Waals surface area (Å²) in [7, 11) is 1.38. The number of rotatable bonds is 4. The minimum absolute atomic E-state index is 0.114. The quantitative estimate of drug-likeness (QED) is 0.856. The maximum Gasteiger partial charge on any atom is 0.305 e. The van der Waals surface area contributed by atoms with Crippen LogP contribution in [0, 0.1) is 0 Å². The summed E-state index contributed by atoms with van der Waals surface area (Å²) in [4.78, 5) is 10.9. The van der Waals surface area contributed by atoms with Crippen molar-refractivity contribution in [1.82, 2.24) is 0 Å².